The summed E-state index contributed by atoms with van der Waals surface area (Å²) < 4.78 is 68.1. The predicted octanol–water partition coefficient (Wildman–Crippen LogP) is 4.45. The Morgan fingerprint density at radius 2 is 0.917 bits per heavy atom. The first-order valence-electron chi connectivity index (χ1n) is 19.9. The molecule has 6 aromatic rings. The van der Waals surface area contributed by atoms with Gasteiger partial charge in [0.25, 0.3) is 0 Å². The van der Waals surface area contributed by atoms with Gasteiger partial charge in [0.15, 0.2) is 0 Å². The van der Waals surface area contributed by atoms with E-state index in [1.807, 2.05) is 74.8 Å². The van der Waals surface area contributed by atoms with Gasteiger partial charge in [-0.1, -0.05) is 71.8 Å². The number of fused-ring (bicyclic) bond motifs is 2. The molecular weight excluding hydrogens is 805 g/mol. The molecule has 14 nitrogen and oxygen atoms in total. The maximum Gasteiger partial charge on any atom is 0.241 e. The van der Waals surface area contributed by atoms with Gasteiger partial charge in [-0.2, -0.15) is 9.44 Å². The van der Waals surface area contributed by atoms with Gasteiger partial charge in [0.05, 0.1) is 36.2 Å². The molecule has 0 radical (unpaired) electrons. The Kier molecular flexibility index (Phi) is 13.5. The smallest absolute Gasteiger partial charge is 0.241 e. The van der Waals surface area contributed by atoms with Crippen LogP contribution in [-0.4, -0.2) is 113 Å². The monoisotopic (exact) mass is 854 g/mol. The number of aromatic amines is 2. The maximum atomic E-state index is 13.3. The number of aromatic nitrogens is 2. The second kappa shape index (κ2) is 18.9. The summed E-state index contributed by atoms with van der Waals surface area (Å²) in [6.07, 6.45) is 4.19. The van der Waals surface area contributed by atoms with E-state index in [2.05, 4.69) is 19.4 Å². The molecule has 4 N–H and O–H groups in total. The molecule has 8 rings (SSSR count). The molecule has 60 heavy (non-hydrogen) atoms. The van der Waals surface area contributed by atoms with Gasteiger partial charge in [-0.15, -0.1) is 0 Å². The number of para-hydroxylation sites is 2. The summed E-state index contributed by atoms with van der Waals surface area (Å²) in [6, 6.07) is 26.9. The topological polar surface area (TPSA) is 183 Å². The molecule has 0 saturated carbocycles. The lowest BCUT2D eigenvalue weighted by atomic mass is 10.0. The largest absolute Gasteiger partial charge is 0.378 e. The van der Waals surface area contributed by atoms with Crippen LogP contribution in [0.4, 0.5) is 0 Å². The van der Waals surface area contributed by atoms with Crippen LogP contribution in [0.3, 0.4) is 0 Å². The fourth-order valence-corrected chi connectivity index (χ4v) is 9.73. The van der Waals surface area contributed by atoms with Gasteiger partial charge < -0.3 is 29.2 Å². The van der Waals surface area contributed by atoms with Crippen LogP contribution in [0.5, 0.6) is 0 Å². The van der Waals surface area contributed by atoms with Gasteiger partial charge in [0, 0.05) is 60.4 Å². The van der Waals surface area contributed by atoms with Crippen molar-refractivity contribution in [1.29, 1.82) is 0 Å². The lowest BCUT2D eigenvalue weighted by Crippen LogP contribution is -2.52. The van der Waals surface area contributed by atoms with Crippen molar-refractivity contribution in [2.75, 3.05) is 52.6 Å². The van der Waals surface area contributed by atoms with Crippen LogP contribution < -0.4 is 9.44 Å². The first-order valence-corrected chi connectivity index (χ1v) is 22.9. The minimum Gasteiger partial charge on any atom is -0.378 e. The highest BCUT2D eigenvalue weighted by atomic mass is 32.2. The van der Waals surface area contributed by atoms with Gasteiger partial charge in [0.1, 0.15) is 12.1 Å². The number of aryl methyl sites for hydroxylation is 2. The zero-order valence-corrected chi connectivity index (χ0v) is 35.2. The quantitative estimate of drug-likeness (QED) is 0.139. The molecule has 16 heteroatoms. The molecule has 316 valence electrons. The van der Waals surface area contributed by atoms with Crippen LogP contribution in [0.2, 0.25) is 0 Å². The second-order valence-corrected chi connectivity index (χ2v) is 18.4. The lowest BCUT2D eigenvalue weighted by molar-refractivity contribution is -0.137. The van der Waals surface area contributed by atoms with E-state index in [9.17, 15) is 26.4 Å². The van der Waals surface area contributed by atoms with Crippen LogP contribution in [0.1, 0.15) is 22.3 Å². The normalized spacial score (nSPS) is 16.0. The van der Waals surface area contributed by atoms with Crippen LogP contribution >= 0.6 is 0 Å². The van der Waals surface area contributed by atoms with Crippen molar-refractivity contribution < 1.29 is 35.9 Å². The first-order chi connectivity index (χ1) is 28.9. The Bertz CT molecular complexity index is 2450. The molecule has 2 aliphatic rings. The second-order valence-electron chi connectivity index (χ2n) is 15.0. The zero-order valence-electron chi connectivity index (χ0n) is 33.6. The van der Waals surface area contributed by atoms with Crippen molar-refractivity contribution >= 4 is 53.7 Å². The van der Waals surface area contributed by atoms with E-state index >= 15 is 0 Å². The summed E-state index contributed by atoms with van der Waals surface area (Å²) in [5.41, 5.74) is 5.62. The number of nitrogens with zero attached hydrogens (tertiary/aromatic N) is 2. The maximum absolute atomic E-state index is 13.3. The molecule has 2 aliphatic heterocycles. The number of carbonyl (C=O) groups is 2. The van der Waals surface area contributed by atoms with Gasteiger partial charge in [-0.25, -0.2) is 16.8 Å². The van der Waals surface area contributed by atoms with Gasteiger partial charge >= 0.3 is 0 Å². The van der Waals surface area contributed by atoms with Crippen molar-refractivity contribution in [3.05, 3.63) is 132 Å². The van der Waals surface area contributed by atoms with E-state index in [0.29, 0.717) is 52.6 Å². The Morgan fingerprint density at radius 1 is 0.567 bits per heavy atom. The number of H-pyrrole nitrogens is 2. The summed E-state index contributed by atoms with van der Waals surface area (Å²) in [6.45, 7) is 7.42. The minimum absolute atomic E-state index is 0.145. The fraction of sp³-hybridized carbons (Fsp3) is 0.318. The van der Waals surface area contributed by atoms with Crippen molar-refractivity contribution in [1.82, 2.24) is 29.2 Å². The highest BCUT2D eigenvalue weighted by Crippen LogP contribution is 2.23. The molecule has 2 amide bonds. The standard InChI is InChI=1S/2C22H25N3O4S/c2*1-16-6-8-18(9-7-16)30(27,28)24-21(22(26)25-10-12-29-13-11-25)14-17-15-23-20-5-3-2-4-19(17)20/h2*2-9,15,21,23-24H,10-14H2,1H3/t2*21-/m00/s1. The highest BCUT2D eigenvalue weighted by Gasteiger charge is 2.32. The van der Waals surface area contributed by atoms with Crippen molar-refractivity contribution in [3.63, 3.8) is 0 Å². The predicted molar refractivity (Wildman–Crippen MR) is 229 cm³/mol. The summed E-state index contributed by atoms with van der Waals surface area (Å²) >= 11 is 0. The molecule has 0 aliphatic carbocycles. The molecule has 2 aromatic heterocycles. The summed E-state index contributed by atoms with van der Waals surface area (Å²) in [5, 5.41) is 1.96. The molecule has 4 aromatic carbocycles. The van der Waals surface area contributed by atoms with Crippen molar-refractivity contribution in [3.8, 4) is 0 Å². The average Bonchev–Trinajstić information content (AvgIpc) is 3.87. The number of sulfonamides is 2. The number of hydrogen-bond acceptors (Lipinski definition) is 8. The van der Waals surface area contributed by atoms with E-state index in [1.165, 1.54) is 0 Å². The number of amides is 2. The molecular formula is C44H50N6O8S2. The minimum atomic E-state index is -3.86. The van der Waals surface area contributed by atoms with Gasteiger partial charge in [0.2, 0.25) is 31.9 Å². The number of nitrogens with one attached hydrogen (secondary N) is 4. The molecule has 2 atom stereocenters. The third-order valence-corrected chi connectivity index (χ3v) is 13.7. The lowest BCUT2D eigenvalue weighted by Gasteiger charge is -2.30. The van der Waals surface area contributed by atoms with Crippen molar-refractivity contribution in [2.45, 2.75) is 48.6 Å². The van der Waals surface area contributed by atoms with Crippen LogP contribution in [0.15, 0.2) is 119 Å². The van der Waals surface area contributed by atoms with E-state index in [0.717, 1.165) is 44.1 Å². The number of benzene rings is 4. The Morgan fingerprint density at radius 3 is 1.28 bits per heavy atom. The number of carbonyl (C=O) groups excluding carboxylic acids is 2. The molecule has 2 saturated heterocycles. The number of hydrogen-bond donors (Lipinski definition) is 4. The summed E-state index contributed by atoms with van der Waals surface area (Å²) in [4.78, 5) is 36.5. The van der Waals surface area contributed by atoms with Gasteiger partial charge in [-0.3, -0.25) is 9.59 Å². The summed E-state index contributed by atoms with van der Waals surface area (Å²) in [5.74, 6) is -0.474. The highest BCUT2D eigenvalue weighted by molar-refractivity contribution is 7.89. The van der Waals surface area contributed by atoms with Crippen LogP contribution in [0.25, 0.3) is 21.8 Å². The zero-order chi connectivity index (χ0) is 42.3. The van der Waals surface area contributed by atoms with E-state index in [1.54, 1.807) is 58.3 Å². The Balaban J connectivity index is 0.000000181. The van der Waals surface area contributed by atoms with Crippen LogP contribution in [-0.2, 0) is 52.0 Å². The SMILES string of the molecule is Cc1ccc(S(=O)(=O)N[C@@H](Cc2c[nH]c3ccccc23)C(=O)N2CCOCC2)cc1.Cc1ccc(S(=O)(=O)N[C@@H](Cc2c[nH]c3ccccc23)C(=O)N2CCOCC2)cc1. The third-order valence-electron chi connectivity index (χ3n) is 10.7. The molecule has 0 bridgehead atoms. The molecule has 2 fully saturated rings. The number of rotatable bonds is 12. The van der Waals surface area contributed by atoms with E-state index < -0.39 is 32.1 Å². The average molecular weight is 855 g/mol. The Hall–Kier alpha value is -5.36. The Labute approximate surface area is 350 Å². The van der Waals surface area contributed by atoms with Gasteiger partial charge in [-0.05, 0) is 74.2 Å². The van der Waals surface area contributed by atoms with E-state index in [4.69, 9.17) is 9.47 Å². The van der Waals surface area contributed by atoms with E-state index in [-0.39, 0.29) is 34.4 Å². The first kappa shape index (κ1) is 42.8. The molecule has 0 spiro atoms. The molecule has 0 unspecified atom stereocenters. The fourth-order valence-electron chi connectivity index (χ4n) is 7.35. The number of ether oxygens (including phenoxy) is 2. The van der Waals surface area contributed by atoms with Crippen molar-refractivity contribution in [2.24, 2.45) is 0 Å². The van der Waals surface area contributed by atoms with Crippen LogP contribution in [0, 0.1) is 13.8 Å². The number of morpholine rings is 2. The molecule has 4 heterocycles. The summed E-state index contributed by atoms with van der Waals surface area (Å²) in [7, 11) is -7.71. The third kappa shape index (κ3) is 10.3.